The molecule has 1 rings (SSSR count). The average Bonchev–Trinajstić information content (AvgIpc) is 2.22. The molecule has 1 aromatic carbocycles. The van der Waals surface area contributed by atoms with E-state index in [2.05, 4.69) is 20.7 Å². The first-order valence-electron chi connectivity index (χ1n) is 4.18. The second kappa shape index (κ2) is 5.47. The van der Waals surface area contributed by atoms with Crippen molar-refractivity contribution < 1.29 is 13.9 Å². The predicted octanol–water partition coefficient (Wildman–Crippen LogP) is 3.09. The fourth-order valence-electron chi connectivity index (χ4n) is 1.16. The summed E-state index contributed by atoms with van der Waals surface area (Å²) in [5.74, 6) is -0.904. The van der Waals surface area contributed by atoms with Crippen molar-refractivity contribution in [3.8, 4) is 0 Å². The first kappa shape index (κ1) is 12.5. The van der Waals surface area contributed by atoms with Gasteiger partial charge in [-0.2, -0.15) is 0 Å². The van der Waals surface area contributed by atoms with Gasteiger partial charge >= 0.3 is 5.97 Å². The second-order valence-corrected chi connectivity index (χ2v) is 3.92. The summed E-state index contributed by atoms with van der Waals surface area (Å²) >= 11 is 8.93. The first-order valence-corrected chi connectivity index (χ1v) is 5.68. The second-order valence-electron chi connectivity index (χ2n) is 2.92. The van der Waals surface area contributed by atoms with Crippen molar-refractivity contribution in [3.05, 3.63) is 34.1 Å². The van der Waals surface area contributed by atoms with E-state index in [1.165, 1.54) is 19.2 Å². The van der Waals surface area contributed by atoms with Crippen molar-refractivity contribution in [1.29, 1.82) is 0 Å². The van der Waals surface area contributed by atoms with Crippen LogP contribution in [0.5, 0.6) is 0 Å². The Morgan fingerprint density at radius 1 is 1.53 bits per heavy atom. The third-order valence-corrected chi connectivity index (χ3v) is 2.72. The molecule has 0 aromatic heterocycles. The Kier molecular flexibility index (Phi) is 4.54. The summed E-state index contributed by atoms with van der Waals surface area (Å²) < 4.78 is 18.1. The van der Waals surface area contributed by atoms with Crippen LogP contribution in [0.3, 0.4) is 0 Å². The summed E-state index contributed by atoms with van der Waals surface area (Å²) in [5.41, 5.74) is 0.685. The molecule has 0 aliphatic rings. The minimum Gasteiger partial charge on any atom is -0.469 e. The number of carbonyl (C=O) groups excluding carboxylic acids is 1. The van der Waals surface area contributed by atoms with Gasteiger partial charge in [0.2, 0.25) is 0 Å². The predicted molar refractivity (Wildman–Crippen MR) is 59.8 cm³/mol. The maximum atomic E-state index is 13.7. The van der Waals surface area contributed by atoms with Crippen LogP contribution in [0.2, 0.25) is 5.02 Å². The average molecular weight is 296 g/mol. The fraction of sp³-hybridized carbons (Fsp3) is 0.300. The molecule has 0 N–H and O–H groups in total. The van der Waals surface area contributed by atoms with Gasteiger partial charge in [-0.15, -0.1) is 0 Å². The van der Waals surface area contributed by atoms with Crippen molar-refractivity contribution in [3.63, 3.8) is 0 Å². The lowest BCUT2D eigenvalue weighted by molar-refractivity contribution is -0.139. The van der Waals surface area contributed by atoms with E-state index in [9.17, 15) is 9.18 Å². The van der Waals surface area contributed by atoms with Crippen LogP contribution < -0.4 is 0 Å². The number of halogens is 3. The lowest BCUT2D eigenvalue weighted by Gasteiger charge is -2.06. The molecule has 0 atom stereocenters. The Bertz CT molecular complexity index is 382. The smallest absolute Gasteiger partial charge is 0.310 e. The van der Waals surface area contributed by atoms with Crippen LogP contribution in [0.15, 0.2) is 12.1 Å². The molecule has 0 saturated carbocycles. The molecular weight excluding hydrogens is 286 g/mol. The van der Waals surface area contributed by atoms with E-state index in [1.807, 2.05) is 0 Å². The molecule has 0 bridgehead atoms. The van der Waals surface area contributed by atoms with E-state index in [-0.39, 0.29) is 12.0 Å². The molecular formula is C10H9BrClFO2. The minimum absolute atomic E-state index is 0.108. The molecule has 82 valence electrons. The highest BCUT2D eigenvalue weighted by Crippen LogP contribution is 2.22. The number of rotatable bonds is 3. The molecule has 5 heteroatoms. The van der Waals surface area contributed by atoms with E-state index >= 15 is 0 Å². The zero-order chi connectivity index (χ0) is 11.4. The van der Waals surface area contributed by atoms with Crippen molar-refractivity contribution in [2.75, 3.05) is 7.11 Å². The van der Waals surface area contributed by atoms with Gasteiger partial charge in [0.25, 0.3) is 0 Å². The number of hydrogen-bond donors (Lipinski definition) is 0. The number of carbonyl (C=O) groups is 1. The van der Waals surface area contributed by atoms with Gasteiger partial charge in [0.05, 0.1) is 13.5 Å². The van der Waals surface area contributed by atoms with Gasteiger partial charge in [-0.25, -0.2) is 4.39 Å². The molecule has 0 fully saturated rings. The van der Waals surface area contributed by atoms with E-state index in [4.69, 9.17) is 11.6 Å². The summed E-state index contributed by atoms with van der Waals surface area (Å²) in [7, 11) is 1.26. The lowest BCUT2D eigenvalue weighted by Crippen LogP contribution is -2.07. The largest absolute Gasteiger partial charge is 0.469 e. The maximum absolute atomic E-state index is 13.7. The van der Waals surface area contributed by atoms with Crippen LogP contribution in [-0.4, -0.2) is 13.1 Å². The topological polar surface area (TPSA) is 26.3 Å². The maximum Gasteiger partial charge on any atom is 0.310 e. The summed E-state index contributed by atoms with van der Waals surface area (Å²) in [6.45, 7) is 0. The van der Waals surface area contributed by atoms with Crippen LogP contribution in [0, 0.1) is 5.82 Å². The monoisotopic (exact) mass is 294 g/mol. The third-order valence-electron chi connectivity index (χ3n) is 1.89. The SMILES string of the molecule is COC(=O)Cc1cc(Cl)cc(CBr)c1F. The number of methoxy groups -OCH3 is 1. The number of hydrogen-bond acceptors (Lipinski definition) is 2. The first-order chi connectivity index (χ1) is 7.08. The Labute approximate surface area is 101 Å². The number of benzene rings is 1. The normalized spacial score (nSPS) is 10.1. The molecule has 0 radical (unpaired) electrons. The molecule has 2 nitrogen and oxygen atoms in total. The van der Waals surface area contributed by atoms with Crippen molar-refractivity contribution in [2.45, 2.75) is 11.8 Å². The molecule has 0 aliphatic heterocycles. The van der Waals surface area contributed by atoms with Crippen LogP contribution in [0.1, 0.15) is 11.1 Å². The number of esters is 1. The Morgan fingerprint density at radius 2 is 2.13 bits per heavy atom. The van der Waals surface area contributed by atoms with Gasteiger partial charge in [0.15, 0.2) is 0 Å². The van der Waals surface area contributed by atoms with E-state index in [0.29, 0.717) is 15.9 Å². The number of ether oxygens (including phenoxy) is 1. The summed E-state index contributed by atoms with van der Waals surface area (Å²) in [5, 5.41) is 0.762. The van der Waals surface area contributed by atoms with E-state index in [1.54, 1.807) is 0 Å². The molecule has 0 spiro atoms. The van der Waals surface area contributed by atoms with Crippen LogP contribution >= 0.6 is 27.5 Å². The summed E-state index contributed by atoms with van der Waals surface area (Å²) in [6.07, 6.45) is -0.108. The van der Waals surface area contributed by atoms with Crippen LogP contribution in [0.25, 0.3) is 0 Å². The van der Waals surface area contributed by atoms with Gasteiger partial charge in [-0.05, 0) is 12.1 Å². The van der Waals surface area contributed by atoms with E-state index < -0.39 is 11.8 Å². The quantitative estimate of drug-likeness (QED) is 0.633. The highest BCUT2D eigenvalue weighted by Gasteiger charge is 2.13. The zero-order valence-electron chi connectivity index (χ0n) is 8.02. The van der Waals surface area contributed by atoms with Crippen molar-refractivity contribution >= 4 is 33.5 Å². The highest BCUT2D eigenvalue weighted by molar-refractivity contribution is 9.08. The third kappa shape index (κ3) is 3.18. The Hall–Kier alpha value is -0.610. The lowest BCUT2D eigenvalue weighted by atomic mass is 10.1. The standard InChI is InChI=1S/C10H9BrClFO2/c1-15-9(14)4-6-2-8(12)3-7(5-11)10(6)13/h2-3H,4-5H2,1H3. The molecule has 0 amide bonds. The van der Waals surface area contributed by atoms with Crippen LogP contribution in [-0.2, 0) is 21.3 Å². The van der Waals surface area contributed by atoms with Gasteiger partial charge in [-0.1, -0.05) is 27.5 Å². The summed E-state index contributed by atoms with van der Waals surface area (Å²) in [6, 6.07) is 2.95. The van der Waals surface area contributed by atoms with Crippen molar-refractivity contribution in [2.24, 2.45) is 0 Å². The van der Waals surface area contributed by atoms with Gasteiger partial charge < -0.3 is 4.74 Å². The highest BCUT2D eigenvalue weighted by atomic mass is 79.9. The van der Waals surface area contributed by atoms with Gasteiger partial charge in [-0.3, -0.25) is 4.79 Å². The zero-order valence-corrected chi connectivity index (χ0v) is 10.4. The molecule has 0 heterocycles. The van der Waals surface area contributed by atoms with Gasteiger partial charge in [0, 0.05) is 21.5 Å². The molecule has 0 aliphatic carbocycles. The molecule has 0 saturated heterocycles. The number of alkyl halides is 1. The summed E-state index contributed by atoms with van der Waals surface area (Å²) in [4.78, 5) is 11.0. The van der Waals surface area contributed by atoms with Crippen LogP contribution in [0.4, 0.5) is 4.39 Å². The molecule has 15 heavy (non-hydrogen) atoms. The Morgan fingerprint density at radius 3 is 2.67 bits per heavy atom. The van der Waals surface area contributed by atoms with Gasteiger partial charge in [0.1, 0.15) is 5.82 Å². The Balaban J connectivity index is 3.06. The fourth-order valence-corrected chi connectivity index (χ4v) is 1.83. The minimum atomic E-state index is -0.489. The molecule has 1 aromatic rings. The van der Waals surface area contributed by atoms with Crippen molar-refractivity contribution in [1.82, 2.24) is 0 Å². The van der Waals surface area contributed by atoms with E-state index in [0.717, 1.165) is 0 Å². The molecule has 0 unspecified atom stereocenters.